The van der Waals surface area contributed by atoms with E-state index in [2.05, 4.69) is 39.4 Å². The number of benzene rings is 1. The highest BCUT2D eigenvalue weighted by Crippen LogP contribution is 2.36. The van der Waals surface area contributed by atoms with Crippen LogP contribution in [0.1, 0.15) is 18.4 Å². The normalized spacial score (nSPS) is 18.1. The fraction of sp³-hybridized carbons (Fsp3) is 0.455. The molecule has 1 N–H and O–H groups in total. The van der Waals surface area contributed by atoms with Crippen LogP contribution in [0.25, 0.3) is 0 Å². The molecule has 0 bridgehead atoms. The molecule has 0 aliphatic heterocycles. The Bertz CT molecular complexity index is 323. The predicted molar refractivity (Wildman–Crippen MR) is 63.7 cm³/mol. The molecule has 0 heterocycles. The maximum atomic E-state index is 5.89. The van der Waals surface area contributed by atoms with Crippen LogP contribution in [0.3, 0.4) is 0 Å². The van der Waals surface area contributed by atoms with E-state index in [4.69, 9.17) is 11.6 Å². The van der Waals surface area contributed by atoms with Gasteiger partial charge in [0, 0.05) is 22.4 Å². The SMILES string of the molecule is ClCC1(NCc2ccccc2Br)CC1. The Morgan fingerprint density at radius 2 is 2.07 bits per heavy atom. The molecule has 1 aliphatic carbocycles. The number of hydrogen-bond donors (Lipinski definition) is 1. The van der Waals surface area contributed by atoms with Crippen molar-refractivity contribution in [3.63, 3.8) is 0 Å². The minimum atomic E-state index is 0.233. The van der Waals surface area contributed by atoms with E-state index in [1.165, 1.54) is 18.4 Å². The zero-order valence-corrected chi connectivity index (χ0v) is 10.2. The van der Waals surface area contributed by atoms with Crippen LogP contribution >= 0.6 is 27.5 Å². The van der Waals surface area contributed by atoms with Crippen LogP contribution in [0.4, 0.5) is 0 Å². The number of rotatable bonds is 4. The van der Waals surface area contributed by atoms with Crippen molar-refractivity contribution in [2.24, 2.45) is 0 Å². The summed E-state index contributed by atoms with van der Waals surface area (Å²) in [6.07, 6.45) is 2.42. The van der Waals surface area contributed by atoms with Gasteiger partial charge in [-0.15, -0.1) is 11.6 Å². The fourth-order valence-electron chi connectivity index (χ4n) is 1.43. The van der Waals surface area contributed by atoms with Crippen molar-refractivity contribution < 1.29 is 0 Å². The van der Waals surface area contributed by atoms with Gasteiger partial charge < -0.3 is 5.32 Å². The van der Waals surface area contributed by atoms with Crippen molar-refractivity contribution in [2.45, 2.75) is 24.9 Å². The summed E-state index contributed by atoms with van der Waals surface area (Å²) in [6.45, 7) is 0.897. The largest absolute Gasteiger partial charge is 0.306 e. The molecule has 14 heavy (non-hydrogen) atoms. The van der Waals surface area contributed by atoms with Gasteiger partial charge in [0.25, 0.3) is 0 Å². The second-order valence-corrected chi connectivity index (χ2v) is 4.98. The van der Waals surface area contributed by atoms with Gasteiger partial charge in [0.05, 0.1) is 0 Å². The van der Waals surface area contributed by atoms with Crippen LogP contribution in [0.5, 0.6) is 0 Å². The Hall–Kier alpha value is -0.0500. The first-order valence-electron chi connectivity index (χ1n) is 4.80. The molecule has 1 aromatic carbocycles. The molecule has 76 valence electrons. The van der Waals surface area contributed by atoms with E-state index in [0.717, 1.165) is 16.9 Å². The van der Waals surface area contributed by atoms with Gasteiger partial charge in [0.15, 0.2) is 0 Å². The minimum absolute atomic E-state index is 0.233. The Balaban J connectivity index is 1.95. The highest BCUT2D eigenvalue weighted by atomic mass is 79.9. The van der Waals surface area contributed by atoms with E-state index < -0.39 is 0 Å². The van der Waals surface area contributed by atoms with Crippen molar-refractivity contribution in [1.82, 2.24) is 5.32 Å². The van der Waals surface area contributed by atoms with Gasteiger partial charge in [-0.05, 0) is 24.5 Å². The third kappa shape index (κ3) is 2.30. The van der Waals surface area contributed by atoms with E-state index in [9.17, 15) is 0 Å². The lowest BCUT2D eigenvalue weighted by Crippen LogP contribution is -2.32. The van der Waals surface area contributed by atoms with Crippen molar-refractivity contribution >= 4 is 27.5 Å². The van der Waals surface area contributed by atoms with E-state index in [1.54, 1.807) is 0 Å². The maximum absolute atomic E-state index is 5.89. The van der Waals surface area contributed by atoms with Crippen molar-refractivity contribution in [2.75, 3.05) is 5.88 Å². The highest BCUT2D eigenvalue weighted by Gasteiger charge is 2.41. The maximum Gasteiger partial charge on any atom is 0.0406 e. The third-order valence-electron chi connectivity index (χ3n) is 2.72. The molecular weight excluding hydrogens is 261 g/mol. The molecule has 1 fully saturated rings. The highest BCUT2D eigenvalue weighted by molar-refractivity contribution is 9.10. The topological polar surface area (TPSA) is 12.0 Å². The van der Waals surface area contributed by atoms with Crippen LogP contribution in [0.2, 0.25) is 0 Å². The summed E-state index contributed by atoms with van der Waals surface area (Å²) in [7, 11) is 0. The van der Waals surface area contributed by atoms with Crippen LogP contribution in [0, 0.1) is 0 Å². The van der Waals surface area contributed by atoms with Crippen molar-refractivity contribution in [3.05, 3.63) is 34.3 Å². The molecule has 0 unspecified atom stereocenters. The molecule has 1 aliphatic rings. The number of halogens is 2. The van der Waals surface area contributed by atoms with E-state index in [1.807, 2.05) is 6.07 Å². The average molecular weight is 275 g/mol. The van der Waals surface area contributed by atoms with E-state index >= 15 is 0 Å². The zero-order chi connectivity index (χ0) is 10.0. The summed E-state index contributed by atoms with van der Waals surface area (Å²) in [6, 6.07) is 8.28. The molecule has 2 rings (SSSR count). The average Bonchev–Trinajstić information content (AvgIpc) is 2.98. The first-order valence-corrected chi connectivity index (χ1v) is 6.13. The van der Waals surface area contributed by atoms with E-state index in [-0.39, 0.29) is 5.54 Å². The molecule has 3 heteroatoms. The summed E-state index contributed by atoms with van der Waals surface area (Å²) >= 11 is 9.42. The first kappa shape index (κ1) is 10.5. The van der Waals surface area contributed by atoms with Crippen LogP contribution in [-0.2, 0) is 6.54 Å². The minimum Gasteiger partial charge on any atom is -0.306 e. The van der Waals surface area contributed by atoms with Crippen LogP contribution in [-0.4, -0.2) is 11.4 Å². The van der Waals surface area contributed by atoms with Crippen LogP contribution in [0.15, 0.2) is 28.7 Å². The Morgan fingerprint density at radius 1 is 1.36 bits per heavy atom. The van der Waals surface area contributed by atoms with E-state index in [0.29, 0.717) is 0 Å². The molecule has 0 saturated heterocycles. The monoisotopic (exact) mass is 273 g/mol. The van der Waals surface area contributed by atoms with Crippen molar-refractivity contribution in [3.8, 4) is 0 Å². The van der Waals surface area contributed by atoms with Gasteiger partial charge in [-0.3, -0.25) is 0 Å². The van der Waals surface area contributed by atoms with Gasteiger partial charge >= 0.3 is 0 Å². The quantitative estimate of drug-likeness (QED) is 0.831. The molecule has 1 saturated carbocycles. The molecule has 1 aromatic rings. The lowest BCUT2D eigenvalue weighted by molar-refractivity contribution is 0.542. The Labute approximate surface area is 98.0 Å². The molecule has 1 nitrogen and oxygen atoms in total. The molecule has 0 amide bonds. The summed E-state index contributed by atoms with van der Waals surface area (Å²) < 4.78 is 1.16. The van der Waals surface area contributed by atoms with Gasteiger partial charge in [0.2, 0.25) is 0 Å². The standard InChI is InChI=1S/C11H13BrClN/c12-10-4-2-1-3-9(10)7-14-11(8-13)5-6-11/h1-4,14H,5-8H2. The molecule has 0 aromatic heterocycles. The van der Waals surface area contributed by atoms with Gasteiger partial charge in [-0.1, -0.05) is 34.1 Å². The van der Waals surface area contributed by atoms with Gasteiger partial charge in [0.1, 0.15) is 0 Å². The smallest absolute Gasteiger partial charge is 0.0406 e. The summed E-state index contributed by atoms with van der Waals surface area (Å²) in [5, 5.41) is 3.51. The van der Waals surface area contributed by atoms with Gasteiger partial charge in [-0.25, -0.2) is 0 Å². The third-order valence-corrected chi connectivity index (χ3v) is 4.01. The number of alkyl halides is 1. The molecule has 0 radical (unpaired) electrons. The predicted octanol–water partition coefficient (Wildman–Crippen LogP) is 3.31. The lowest BCUT2D eigenvalue weighted by Gasteiger charge is -2.14. The van der Waals surface area contributed by atoms with Gasteiger partial charge in [-0.2, -0.15) is 0 Å². The molecule has 0 atom stereocenters. The van der Waals surface area contributed by atoms with Crippen molar-refractivity contribution in [1.29, 1.82) is 0 Å². The Kier molecular flexibility index (Phi) is 3.15. The Morgan fingerprint density at radius 3 is 2.64 bits per heavy atom. The van der Waals surface area contributed by atoms with Crippen LogP contribution < -0.4 is 5.32 Å². The summed E-state index contributed by atoms with van der Waals surface area (Å²) in [5.41, 5.74) is 1.53. The molecule has 0 spiro atoms. The second kappa shape index (κ2) is 4.21. The second-order valence-electron chi connectivity index (χ2n) is 3.86. The number of nitrogens with one attached hydrogen (secondary N) is 1. The summed E-state index contributed by atoms with van der Waals surface area (Å²) in [4.78, 5) is 0. The fourth-order valence-corrected chi connectivity index (χ4v) is 2.22. The zero-order valence-electron chi connectivity index (χ0n) is 7.89. The first-order chi connectivity index (χ1) is 6.76. The lowest BCUT2D eigenvalue weighted by atomic mass is 10.2. The number of hydrogen-bond acceptors (Lipinski definition) is 1. The summed E-state index contributed by atoms with van der Waals surface area (Å²) in [5.74, 6) is 0.720. The molecular formula is C11H13BrClN.